The van der Waals surface area contributed by atoms with Crippen molar-refractivity contribution in [1.82, 2.24) is 0 Å². The average molecular weight is 290 g/mol. The van der Waals surface area contributed by atoms with Crippen molar-refractivity contribution < 1.29 is 18.7 Å². The van der Waals surface area contributed by atoms with Gasteiger partial charge in [-0.3, -0.25) is 4.79 Å². The SMILES string of the molecule is COc1ccc(C(N)=O)cc1Oc1cc(F)cc(CN)c1. The molecule has 5 nitrogen and oxygen atoms in total. The second kappa shape index (κ2) is 6.23. The monoisotopic (exact) mass is 290 g/mol. The fourth-order valence-electron chi connectivity index (χ4n) is 1.83. The third-order valence-electron chi connectivity index (χ3n) is 2.84. The van der Waals surface area contributed by atoms with Crippen LogP contribution < -0.4 is 20.9 Å². The molecule has 4 N–H and O–H groups in total. The molecule has 0 fully saturated rings. The highest BCUT2D eigenvalue weighted by Crippen LogP contribution is 2.33. The van der Waals surface area contributed by atoms with Crippen LogP contribution in [0.4, 0.5) is 4.39 Å². The number of hydrogen-bond donors (Lipinski definition) is 2. The Hall–Kier alpha value is -2.60. The normalized spacial score (nSPS) is 10.2. The Morgan fingerprint density at radius 1 is 1.19 bits per heavy atom. The van der Waals surface area contributed by atoms with Crippen molar-refractivity contribution in [1.29, 1.82) is 0 Å². The van der Waals surface area contributed by atoms with Crippen LogP contribution in [-0.2, 0) is 6.54 Å². The lowest BCUT2D eigenvalue weighted by Crippen LogP contribution is -2.10. The summed E-state index contributed by atoms with van der Waals surface area (Å²) < 4.78 is 24.2. The molecule has 0 heterocycles. The summed E-state index contributed by atoms with van der Waals surface area (Å²) in [7, 11) is 1.46. The van der Waals surface area contributed by atoms with E-state index >= 15 is 0 Å². The summed E-state index contributed by atoms with van der Waals surface area (Å²) in [6.07, 6.45) is 0. The zero-order valence-electron chi connectivity index (χ0n) is 11.4. The van der Waals surface area contributed by atoms with E-state index in [0.29, 0.717) is 11.3 Å². The topological polar surface area (TPSA) is 87.6 Å². The van der Waals surface area contributed by atoms with Gasteiger partial charge in [-0.1, -0.05) is 0 Å². The molecule has 0 aliphatic rings. The van der Waals surface area contributed by atoms with Crippen molar-refractivity contribution in [3.05, 3.63) is 53.3 Å². The van der Waals surface area contributed by atoms with Gasteiger partial charge in [0.2, 0.25) is 5.91 Å². The molecular formula is C15H15FN2O3. The lowest BCUT2D eigenvalue weighted by molar-refractivity contribution is 0.1000. The minimum absolute atomic E-state index is 0.187. The molecule has 2 aromatic carbocycles. The summed E-state index contributed by atoms with van der Waals surface area (Å²) in [6, 6.07) is 8.66. The van der Waals surface area contributed by atoms with Crippen molar-refractivity contribution in [3.63, 3.8) is 0 Å². The molecule has 0 bridgehead atoms. The molecule has 0 aromatic heterocycles. The molecule has 0 radical (unpaired) electrons. The van der Waals surface area contributed by atoms with Gasteiger partial charge < -0.3 is 20.9 Å². The predicted molar refractivity (Wildman–Crippen MR) is 75.9 cm³/mol. The highest BCUT2D eigenvalue weighted by molar-refractivity contribution is 5.93. The Kier molecular flexibility index (Phi) is 4.39. The molecule has 0 atom stereocenters. The van der Waals surface area contributed by atoms with E-state index < -0.39 is 11.7 Å². The summed E-state index contributed by atoms with van der Waals surface area (Å²) in [5.74, 6) is -0.126. The third-order valence-corrected chi connectivity index (χ3v) is 2.84. The van der Waals surface area contributed by atoms with E-state index in [-0.39, 0.29) is 23.6 Å². The zero-order valence-corrected chi connectivity index (χ0v) is 11.4. The third kappa shape index (κ3) is 3.49. The molecule has 0 saturated carbocycles. The van der Waals surface area contributed by atoms with Crippen LogP contribution in [0.5, 0.6) is 17.2 Å². The summed E-state index contributed by atoms with van der Waals surface area (Å²) in [6.45, 7) is 0.187. The summed E-state index contributed by atoms with van der Waals surface area (Å²) in [5, 5.41) is 0. The molecule has 2 aromatic rings. The van der Waals surface area contributed by atoms with Gasteiger partial charge in [0, 0.05) is 18.2 Å². The van der Waals surface area contributed by atoms with Gasteiger partial charge in [0.05, 0.1) is 7.11 Å². The smallest absolute Gasteiger partial charge is 0.248 e. The first-order valence-corrected chi connectivity index (χ1v) is 6.18. The molecule has 110 valence electrons. The van der Waals surface area contributed by atoms with Crippen LogP contribution >= 0.6 is 0 Å². The summed E-state index contributed by atoms with van der Waals surface area (Å²) in [5.41, 5.74) is 11.6. The van der Waals surface area contributed by atoms with Crippen molar-refractivity contribution in [2.24, 2.45) is 11.5 Å². The Bertz CT molecular complexity index is 674. The number of rotatable bonds is 5. The van der Waals surface area contributed by atoms with E-state index in [9.17, 15) is 9.18 Å². The highest BCUT2D eigenvalue weighted by Gasteiger charge is 2.11. The van der Waals surface area contributed by atoms with Crippen LogP contribution in [0, 0.1) is 5.82 Å². The van der Waals surface area contributed by atoms with Crippen LogP contribution in [0.15, 0.2) is 36.4 Å². The molecule has 0 aliphatic heterocycles. The van der Waals surface area contributed by atoms with Gasteiger partial charge in [-0.05, 0) is 35.9 Å². The van der Waals surface area contributed by atoms with Gasteiger partial charge >= 0.3 is 0 Å². The van der Waals surface area contributed by atoms with Crippen molar-refractivity contribution >= 4 is 5.91 Å². The van der Waals surface area contributed by atoms with Gasteiger partial charge in [-0.15, -0.1) is 0 Å². The highest BCUT2D eigenvalue weighted by atomic mass is 19.1. The molecule has 6 heteroatoms. The van der Waals surface area contributed by atoms with Crippen LogP contribution in [0.2, 0.25) is 0 Å². The number of benzene rings is 2. The van der Waals surface area contributed by atoms with Gasteiger partial charge in [0.1, 0.15) is 11.6 Å². The molecule has 2 rings (SSSR count). The van der Waals surface area contributed by atoms with Crippen LogP contribution in [0.1, 0.15) is 15.9 Å². The van der Waals surface area contributed by atoms with Crippen molar-refractivity contribution in [2.45, 2.75) is 6.54 Å². The first-order valence-electron chi connectivity index (χ1n) is 6.18. The Morgan fingerprint density at radius 2 is 1.95 bits per heavy atom. The maximum absolute atomic E-state index is 13.5. The number of hydrogen-bond acceptors (Lipinski definition) is 4. The minimum Gasteiger partial charge on any atom is -0.493 e. The number of halogens is 1. The Balaban J connectivity index is 2.40. The number of carbonyl (C=O) groups is 1. The summed E-state index contributed by atoms with van der Waals surface area (Å²) >= 11 is 0. The molecule has 1 amide bonds. The molecule has 0 aliphatic carbocycles. The number of ether oxygens (including phenoxy) is 2. The fourth-order valence-corrected chi connectivity index (χ4v) is 1.83. The number of nitrogens with two attached hydrogens (primary N) is 2. The standard InChI is InChI=1S/C15H15FN2O3/c1-20-13-3-2-10(15(18)19)6-14(13)21-12-5-9(8-17)4-11(16)7-12/h2-7H,8,17H2,1H3,(H2,18,19). The van der Waals surface area contributed by atoms with E-state index in [1.54, 1.807) is 12.1 Å². The first-order chi connectivity index (χ1) is 10.0. The van der Waals surface area contributed by atoms with Gasteiger partial charge in [0.25, 0.3) is 0 Å². The first kappa shape index (κ1) is 14.8. The second-order valence-electron chi connectivity index (χ2n) is 4.33. The summed E-state index contributed by atoms with van der Waals surface area (Å²) in [4.78, 5) is 11.2. The Morgan fingerprint density at radius 3 is 2.57 bits per heavy atom. The number of primary amides is 1. The largest absolute Gasteiger partial charge is 0.493 e. The van der Waals surface area contributed by atoms with Crippen molar-refractivity contribution in [3.8, 4) is 17.2 Å². The van der Waals surface area contributed by atoms with E-state index in [1.807, 2.05) is 0 Å². The number of amides is 1. The van der Waals surface area contributed by atoms with Gasteiger partial charge in [-0.2, -0.15) is 0 Å². The van der Waals surface area contributed by atoms with Gasteiger partial charge in [0.15, 0.2) is 11.5 Å². The molecule has 0 saturated heterocycles. The number of carbonyl (C=O) groups excluding carboxylic acids is 1. The van der Waals surface area contributed by atoms with E-state index in [0.717, 1.165) is 0 Å². The molecule has 21 heavy (non-hydrogen) atoms. The van der Waals surface area contributed by atoms with Crippen LogP contribution in [-0.4, -0.2) is 13.0 Å². The van der Waals surface area contributed by atoms with E-state index in [4.69, 9.17) is 20.9 Å². The quantitative estimate of drug-likeness (QED) is 0.883. The fraction of sp³-hybridized carbons (Fsp3) is 0.133. The van der Waals surface area contributed by atoms with Crippen molar-refractivity contribution in [2.75, 3.05) is 7.11 Å². The van der Waals surface area contributed by atoms with Crippen LogP contribution in [0.25, 0.3) is 0 Å². The Labute approximate surface area is 121 Å². The lowest BCUT2D eigenvalue weighted by Gasteiger charge is -2.12. The zero-order chi connectivity index (χ0) is 15.4. The minimum atomic E-state index is -0.593. The lowest BCUT2D eigenvalue weighted by atomic mass is 10.2. The average Bonchev–Trinajstić information content (AvgIpc) is 2.46. The second-order valence-corrected chi connectivity index (χ2v) is 4.33. The maximum Gasteiger partial charge on any atom is 0.248 e. The van der Waals surface area contributed by atoms with Gasteiger partial charge in [-0.25, -0.2) is 4.39 Å². The van der Waals surface area contributed by atoms with E-state index in [1.165, 1.54) is 31.4 Å². The van der Waals surface area contributed by atoms with Crippen LogP contribution in [0.3, 0.4) is 0 Å². The number of methoxy groups -OCH3 is 1. The molecular weight excluding hydrogens is 275 g/mol. The maximum atomic E-state index is 13.5. The molecule has 0 unspecified atom stereocenters. The van der Waals surface area contributed by atoms with E-state index in [2.05, 4.69) is 0 Å². The molecule has 0 spiro atoms. The predicted octanol–water partition coefficient (Wildman–Crippen LogP) is 2.18.